The molecule has 0 aromatic heterocycles. The lowest BCUT2D eigenvalue weighted by molar-refractivity contribution is -0.384. The van der Waals surface area contributed by atoms with E-state index in [0.29, 0.717) is 17.8 Å². The zero-order valence-electron chi connectivity index (χ0n) is 14.7. The van der Waals surface area contributed by atoms with Gasteiger partial charge >= 0.3 is 0 Å². The second-order valence-electron chi connectivity index (χ2n) is 5.85. The van der Waals surface area contributed by atoms with Gasteiger partial charge in [-0.15, -0.1) is 0 Å². The van der Waals surface area contributed by atoms with Crippen molar-refractivity contribution in [2.75, 3.05) is 18.4 Å². The highest BCUT2D eigenvalue weighted by Gasteiger charge is 2.14. The molecule has 2 aromatic carbocycles. The van der Waals surface area contributed by atoms with Gasteiger partial charge < -0.3 is 10.4 Å². The lowest BCUT2D eigenvalue weighted by atomic mass is 10.1. The number of aliphatic hydroxyl groups is 1. The maximum atomic E-state index is 11.2. The quantitative estimate of drug-likeness (QED) is 0.538. The van der Waals surface area contributed by atoms with Crippen LogP contribution in [0.5, 0.6) is 0 Å². The molecule has 0 amide bonds. The first kappa shape index (κ1) is 18.9. The second-order valence-corrected chi connectivity index (χ2v) is 5.85. The normalized spacial score (nSPS) is 10.9. The third-order valence-electron chi connectivity index (χ3n) is 4.32. The minimum absolute atomic E-state index is 0.0124. The van der Waals surface area contributed by atoms with E-state index in [-0.39, 0.29) is 12.3 Å². The average Bonchev–Trinajstić information content (AvgIpc) is 2.64. The predicted octanol–water partition coefficient (Wildman–Crippen LogP) is 3.54. The maximum Gasteiger partial charge on any atom is 0.292 e. The molecule has 0 saturated heterocycles. The van der Waals surface area contributed by atoms with E-state index >= 15 is 0 Å². The van der Waals surface area contributed by atoms with Crippen molar-refractivity contribution in [2.24, 2.45) is 0 Å². The summed E-state index contributed by atoms with van der Waals surface area (Å²) in [6.45, 7) is 7.41. The van der Waals surface area contributed by atoms with E-state index in [2.05, 4.69) is 30.1 Å². The molecule has 134 valence electrons. The SMILES string of the molecule is CCN(CC)Cc1ccccc1CNc1cc(CO)ccc1[N+](=O)[O-]. The van der Waals surface area contributed by atoms with Crippen molar-refractivity contribution >= 4 is 11.4 Å². The maximum absolute atomic E-state index is 11.2. The van der Waals surface area contributed by atoms with E-state index < -0.39 is 4.92 Å². The minimum Gasteiger partial charge on any atom is -0.392 e. The van der Waals surface area contributed by atoms with E-state index in [4.69, 9.17) is 0 Å². The molecule has 0 aliphatic rings. The fourth-order valence-electron chi connectivity index (χ4n) is 2.75. The molecule has 0 aliphatic carbocycles. The van der Waals surface area contributed by atoms with Gasteiger partial charge in [-0.05, 0) is 41.9 Å². The van der Waals surface area contributed by atoms with Crippen LogP contribution in [0, 0.1) is 10.1 Å². The van der Waals surface area contributed by atoms with Gasteiger partial charge in [0.1, 0.15) is 5.69 Å². The topological polar surface area (TPSA) is 78.6 Å². The summed E-state index contributed by atoms with van der Waals surface area (Å²) in [6.07, 6.45) is 0. The number of hydrogen-bond acceptors (Lipinski definition) is 5. The van der Waals surface area contributed by atoms with Gasteiger partial charge in [0, 0.05) is 19.2 Å². The zero-order valence-corrected chi connectivity index (χ0v) is 14.7. The van der Waals surface area contributed by atoms with Crippen LogP contribution in [-0.4, -0.2) is 28.0 Å². The summed E-state index contributed by atoms with van der Waals surface area (Å²) in [5, 5.41) is 23.7. The van der Waals surface area contributed by atoms with Crippen molar-refractivity contribution in [3.8, 4) is 0 Å². The van der Waals surface area contributed by atoms with Gasteiger partial charge in [0.2, 0.25) is 0 Å². The van der Waals surface area contributed by atoms with Crippen LogP contribution in [0.1, 0.15) is 30.5 Å². The van der Waals surface area contributed by atoms with Gasteiger partial charge in [-0.2, -0.15) is 0 Å². The Morgan fingerprint density at radius 2 is 1.80 bits per heavy atom. The Kier molecular flexibility index (Phi) is 6.91. The van der Waals surface area contributed by atoms with Gasteiger partial charge in [0.15, 0.2) is 0 Å². The van der Waals surface area contributed by atoms with Gasteiger partial charge in [-0.25, -0.2) is 0 Å². The molecule has 2 aromatic rings. The monoisotopic (exact) mass is 343 g/mol. The summed E-state index contributed by atoms with van der Waals surface area (Å²) in [7, 11) is 0. The molecule has 0 saturated carbocycles. The van der Waals surface area contributed by atoms with Crippen molar-refractivity contribution in [3.63, 3.8) is 0 Å². The molecule has 0 bridgehead atoms. The van der Waals surface area contributed by atoms with Crippen LogP contribution in [0.15, 0.2) is 42.5 Å². The first-order chi connectivity index (χ1) is 12.1. The summed E-state index contributed by atoms with van der Waals surface area (Å²) in [4.78, 5) is 13.1. The highest BCUT2D eigenvalue weighted by Crippen LogP contribution is 2.26. The summed E-state index contributed by atoms with van der Waals surface area (Å²) in [6, 6.07) is 12.7. The smallest absolute Gasteiger partial charge is 0.292 e. The second kappa shape index (κ2) is 9.15. The molecule has 0 fully saturated rings. The molecule has 0 unspecified atom stereocenters. The van der Waals surface area contributed by atoms with Gasteiger partial charge in [0.05, 0.1) is 11.5 Å². The van der Waals surface area contributed by atoms with Gasteiger partial charge in [-0.1, -0.05) is 38.1 Å². The predicted molar refractivity (Wildman–Crippen MR) is 99.4 cm³/mol. The molecule has 0 spiro atoms. The van der Waals surface area contributed by atoms with Crippen molar-refractivity contribution in [1.82, 2.24) is 4.90 Å². The van der Waals surface area contributed by atoms with E-state index in [9.17, 15) is 15.2 Å². The summed E-state index contributed by atoms with van der Waals surface area (Å²) in [5.74, 6) is 0. The molecule has 25 heavy (non-hydrogen) atoms. The standard InChI is InChI=1S/C19H25N3O3/c1-3-21(4-2)13-17-8-6-5-7-16(17)12-20-18-11-15(14-23)9-10-19(18)22(24)25/h5-11,20,23H,3-4,12-14H2,1-2H3. The van der Waals surface area contributed by atoms with Crippen LogP contribution in [0.2, 0.25) is 0 Å². The molecule has 0 atom stereocenters. The molecule has 6 heteroatoms. The average molecular weight is 343 g/mol. The number of nitrogens with zero attached hydrogens (tertiary/aromatic N) is 2. The van der Waals surface area contributed by atoms with Gasteiger partial charge in [0.25, 0.3) is 5.69 Å². The number of benzene rings is 2. The Hall–Kier alpha value is -2.44. The third kappa shape index (κ3) is 5.01. The van der Waals surface area contributed by atoms with E-state index in [0.717, 1.165) is 25.2 Å². The fourth-order valence-corrected chi connectivity index (χ4v) is 2.75. The molecule has 0 aliphatic heterocycles. The van der Waals surface area contributed by atoms with Crippen LogP contribution in [-0.2, 0) is 19.7 Å². The van der Waals surface area contributed by atoms with Crippen LogP contribution in [0.4, 0.5) is 11.4 Å². The highest BCUT2D eigenvalue weighted by atomic mass is 16.6. The Morgan fingerprint density at radius 3 is 2.40 bits per heavy atom. The Labute approximate surface area is 148 Å². The van der Waals surface area contributed by atoms with E-state index in [1.807, 2.05) is 18.2 Å². The number of hydrogen-bond donors (Lipinski definition) is 2. The minimum atomic E-state index is -0.411. The van der Waals surface area contributed by atoms with Crippen molar-refractivity contribution in [1.29, 1.82) is 0 Å². The lowest BCUT2D eigenvalue weighted by Gasteiger charge is -2.20. The Balaban J connectivity index is 2.20. The number of nitro benzene ring substituents is 1. The fraction of sp³-hybridized carbons (Fsp3) is 0.368. The van der Waals surface area contributed by atoms with Crippen LogP contribution >= 0.6 is 0 Å². The number of anilines is 1. The van der Waals surface area contributed by atoms with Crippen molar-refractivity contribution < 1.29 is 10.0 Å². The van der Waals surface area contributed by atoms with Crippen molar-refractivity contribution in [3.05, 3.63) is 69.3 Å². The Bertz CT molecular complexity index is 715. The van der Waals surface area contributed by atoms with Crippen LogP contribution in [0.25, 0.3) is 0 Å². The first-order valence-corrected chi connectivity index (χ1v) is 8.50. The largest absolute Gasteiger partial charge is 0.392 e. The molecular formula is C19H25N3O3. The number of aliphatic hydroxyl groups excluding tert-OH is 1. The van der Waals surface area contributed by atoms with E-state index in [1.165, 1.54) is 11.6 Å². The molecule has 2 rings (SSSR count). The Morgan fingerprint density at radius 1 is 1.12 bits per heavy atom. The molecule has 0 heterocycles. The summed E-state index contributed by atoms with van der Waals surface area (Å²) in [5.41, 5.74) is 3.40. The van der Waals surface area contributed by atoms with Gasteiger partial charge in [-0.3, -0.25) is 15.0 Å². The number of nitro groups is 1. The summed E-state index contributed by atoms with van der Waals surface area (Å²) < 4.78 is 0. The highest BCUT2D eigenvalue weighted by molar-refractivity contribution is 5.63. The first-order valence-electron chi connectivity index (χ1n) is 8.50. The molecular weight excluding hydrogens is 318 g/mol. The van der Waals surface area contributed by atoms with E-state index in [1.54, 1.807) is 12.1 Å². The zero-order chi connectivity index (χ0) is 18.2. The molecule has 6 nitrogen and oxygen atoms in total. The molecule has 0 radical (unpaired) electrons. The van der Waals surface area contributed by atoms with Crippen LogP contribution in [0.3, 0.4) is 0 Å². The third-order valence-corrected chi connectivity index (χ3v) is 4.32. The molecule has 2 N–H and O–H groups in total. The van der Waals surface area contributed by atoms with Crippen molar-refractivity contribution in [2.45, 2.75) is 33.5 Å². The summed E-state index contributed by atoms with van der Waals surface area (Å²) >= 11 is 0. The van der Waals surface area contributed by atoms with Crippen LogP contribution < -0.4 is 5.32 Å². The lowest BCUT2D eigenvalue weighted by Crippen LogP contribution is -2.23. The number of nitrogens with one attached hydrogen (secondary N) is 1. The number of rotatable bonds is 9.